The van der Waals surface area contributed by atoms with Crippen molar-refractivity contribution >= 4 is 29.2 Å². The molecule has 1 heterocycles. The van der Waals surface area contributed by atoms with Gasteiger partial charge in [0.1, 0.15) is 0 Å². The van der Waals surface area contributed by atoms with Crippen LogP contribution in [0.1, 0.15) is 5.56 Å². The Balaban J connectivity index is 1.82. The van der Waals surface area contributed by atoms with E-state index in [1.165, 1.54) is 0 Å². The van der Waals surface area contributed by atoms with Gasteiger partial charge < -0.3 is 24.1 Å². The molecule has 0 aliphatic rings. The van der Waals surface area contributed by atoms with Crippen molar-refractivity contribution in [1.29, 1.82) is 0 Å². The molecule has 0 saturated heterocycles. The van der Waals surface area contributed by atoms with Gasteiger partial charge in [-0.1, -0.05) is 29.3 Å². The van der Waals surface area contributed by atoms with E-state index in [2.05, 4.69) is 10.3 Å². The van der Waals surface area contributed by atoms with Crippen molar-refractivity contribution in [3.8, 4) is 28.5 Å². The van der Waals surface area contributed by atoms with E-state index < -0.39 is 0 Å². The van der Waals surface area contributed by atoms with Crippen molar-refractivity contribution < 1.29 is 14.2 Å². The number of aromatic nitrogens is 2. The highest BCUT2D eigenvalue weighted by Crippen LogP contribution is 2.38. The van der Waals surface area contributed by atoms with Gasteiger partial charge in [-0.3, -0.25) is 0 Å². The van der Waals surface area contributed by atoms with Crippen LogP contribution in [0.2, 0.25) is 10.0 Å². The van der Waals surface area contributed by atoms with E-state index in [0.717, 1.165) is 22.8 Å². The zero-order valence-corrected chi connectivity index (χ0v) is 17.6. The summed E-state index contributed by atoms with van der Waals surface area (Å²) >= 11 is 12.1. The first-order chi connectivity index (χ1) is 13.5. The highest BCUT2D eigenvalue weighted by molar-refractivity contribution is 6.42. The van der Waals surface area contributed by atoms with E-state index in [4.69, 9.17) is 37.4 Å². The highest BCUT2D eigenvalue weighted by atomic mass is 35.5. The van der Waals surface area contributed by atoms with Gasteiger partial charge in [-0.25, -0.2) is 4.98 Å². The lowest BCUT2D eigenvalue weighted by molar-refractivity contribution is 0.324. The molecule has 2 aromatic carbocycles. The van der Waals surface area contributed by atoms with Crippen LogP contribution in [0.25, 0.3) is 11.3 Å². The number of hydrogen-bond donors (Lipinski definition) is 1. The lowest BCUT2D eigenvalue weighted by atomic mass is 10.1. The minimum absolute atomic E-state index is 0.507. The minimum Gasteiger partial charge on any atom is -0.493 e. The van der Waals surface area contributed by atoms with Gasteiger partial charge >= 0.3 is 0 Å². The van der Waals surface area contributed by atoms with Crippen LogP contribution >= 0.6 is 23.2 Å². The van der Waals surface area contributed by atoms with Gasteiger partial charge in [-0.05, 0) is 29.8 Å². The van der Waals surface area contributed by atoms with Gasteiger partial charge in [-0.15, -0.1) is 0 Å². The number of hydrogen-bond acceptors (Lipinski definition) is 5. The summed E-state index contributed by atoms with van der Waals surface area (Å²) in [6, 6.07) is 9.31. The van der Waals surface area contributed by atoms with E-state index in [1.807, 2.05) is 35.9 Å². The zero-order valence-electron chi connectivity index (χ0n) is 16.0. The molecule has 148 valence electrons. The molecule has 1 aromatic heterocycles. The molecule has 3 aromatic rings. The highest BCUT2D eigenvalue weighted by Gasteiger charge is 2.14. The summed E-state index contributed by atoms with van der Waals surface area (Å²) in [5.74, 6) is 2.49. The van der Waals surface area contributed by atoms with Crippen molar-refractivity contribution in [2.24, 2.45) is 7.05 Å². The van der Waals surface area contributed by atoms with Crippen molar-refractivity contribution in [3.63, 3.8) is 0 Å². The first-order valence-electron chi connectivity index (χ1n) is 8.48. The molecule has 0 atom stereocenters. The standard InChI is InChI=1S/C20H21Cl2N3O3/c1-25-16(13-5-6-14(21)15(22)9-13)11-24-20(25)23-10-12-7-17(26-2)19(28-4)18(8-12)27-3/h5-9,11H,10H2,1-4H3,(H,23,24). The van der Waals surface area contributed by atoms with Crippen LogP contribution in [-0.4, -0.2) is 30.9 Å². The molecule has 6 nitrogen and oxygen atoms in total. The van der Waals surface area contributed by atoms with Crippen LogP contribution in [0, 0.1) is 0 Å². The zero-order chi connectivity index (χ0) is 20.3. The third kappa shape index (κ3) is 3.98. The summed E-state index contributed by atoms with van der Waals surface area (Å²) in [5.41, 5.74) is 2.82. The van der Waals surface area contributed by atoms with E-state index in [9.17, 15) is 0 Å². The summed E-state index contributed by atoms with van der Waals surface area (Å²) in [5, 5.41) is 4.35. The number of methoxy groups -OCH3 is 3. The van der Waals surface area contributed by atoms with E-state index in [0.29, 0.717) is 33.8 Å². The molecule has 0 spiro atoms. The van der Waals surface area contributed by atoms with Crippen LogP contribution in [-0.2, 0) is 13.6 Å². The largest absolute Gasteiger partial charge is 0.493 e. The molecule has 0 fully saturated rings. The molecule has 0 aliphatic carbocycles. The summed E-state index contributed by atoms with van der Waals surface area (Å²) in [4.78, 5) is 4.47. The first kappa shape index (κ1) is 20.2. The lowest BCUT2D eigenvalue weighted by Gasteiger charge is -2.15. The van der Waals surface area contributed by atoms with E-state index in [1.54, 1.807) is 33.6 Å². The predicted octanol–water partition coefficient (Wildman–Crippen LogP) is 5.03. The van der Waals surface area contributed by atoms with Gasteiger partial charge in [0, 0.05) is 19.2 Å². The molecule has 8 heteroatoms. The summed E-state index contributed by atoms with van der Waals surface area (Å²) in [6.07, 6.45) is 1.79. The fourth-order valence-corrected chi connectivity index (χ4v) is 3.21. The predicted molar refractivity (Wildman–Crippen MR) is 112 cm³/mol. The summed E-state index contributed by atoms with van der Waals surface area (Å²) in [7, 11) is 6.70. The Kier molecular flexibility index (Phi) is 6.21. The van der Waals surface area contributed by atoms with E-state index >= 15 is 0 Å². The lowest BCUT2D eigenvalue weighted by Crippen LogP contribution is -2.06. The Bertz CT molecular complexity index is 964. The third-order valence-electron chi connectivity index (χ3n) is 4.38. The van der Waals surface area contributed by atoms with Crippen molar-refractivity contribution in [2.75, 3.05) is 26.6 Å². The molecular weight excluding hydrogens is 401 g/mol. The SMILES string of the molecule is COc1cc(CNc2ncc(-c3ccc(Cl)c(Cl)c3)n2C)cc(OC)c1OC. The molecule has 0 bridgehead atoms. The van der Waals surface area contributed by atoms with Gasteiger partial charge in [0.05, 0.1) is 43.3 Å². The molecular formula is C20H21Cl2N3O3. The van der Waals surface area contributed by atoms with Crippen molar-refractivity contribution in [3.05, 3.63) is 52.1 Å². The molecule has 0 unspecified atom stereocenters. The molecule has 0 radical (unpaired) electrons. The fraction of sp³-hybridized carbons (Fsp3) is 0.250. The van der Waals surface area contributed by atoms with Crippen LogP contribution < -0.4 is 19.5 Å². The summed E-state index contributed by atoms with van der Waals surface area (Å²) in [6.45, 7) is 0.530. The van der Waals surface area contributed by atoms with E-state index in [-0.39, 0.29) is 0 Å². The molecule has 28 heavy (non-hydrogen) atoms. The Morgan fingerprint density at radius 3 is 2.21 bits per heavy atom. The fourth-order valence-electron chi connectivity index (χ4n) is 2.92. The molecule has 0 amide bonds. The van der Waals surface area contributed by atoms with Crippen molar-refractivity contribution in [1.82, 2.24) is 9.55 Å². The maximum absolute atomic E-state index is 6.13. The van der Waals surface area contributed by atoms with Gasteiger partial charge in [0.15, 0.2) is 11.5 Å². The smallest absolute Gasteiger partial charge is 0.203 e. The topological polar surface area (TPSA) is 57.5 Å². The Morgan fingerprint density at radius 2 is 1.64 bits per heavy atom. The van der Waals surface area contributed by atoms with Crippen LogP contribution in [0.5, 0.6) is 17.2 Å². The molecule has 0 aliphatic heterocycles. The summed E-state index contributed by atoms with van der Waals surface area (Å²) < 4.78 is 18.1. The Hall–Kier alpha value is -2.57. The Labute approximate surface area is 174 Å². The number of nitrogens with one attached hydrogen (secondary N) is 1. The second kappa shape index (κ2) is 8.63. The monoisotopic (exact) mass is 421 g/mol. The second-order valence-electron chi connectivity index (χ2n) is 6.04. The third-order valence-corrected chi connectivity index (χ3v) is 5.12. The number of halogens is 2. The second-order valence-corrected chi connectivity index (χ2v) is 6.86. The number of nitrogens with zero attached hydrogens (tertiary/aromatic N) is 2. The van der Waals surface area contributed by atoms with Gasteiger partial charge in [0.2, 0.25) is 11.7 Å². The van der Waals surface area contributed by atoms with Gasteiger partial charge in [0.25, 0.3) is 0 Å². The maximum Gasteiger partial charge on any atom is 0.203 e. The maximum atomic E-state index is 6.13. The minimum atomic E-state index is 0.507. The number of anilines is 1. The quantitative estimate of drug-likeness (QED) is 0.579. The molecule has 3 rings (SSSR count). The number of rotatable bonds is 7. The van der Waals surface area contributed by atoms with Crippen molar-refractivity contribution in [2.45, 2.75) is 6.54 Å². The number of benzene rings is 2. The molecule has 1 N–H and O–H groups in total. The normalized spacial score (nSPS) is 10.6. The number of imidazole rings is 1. The first-order valence-corrected chi connectivity index (χ1v) is 9.24. The van der Waals surface area contributed by atoms with Crippen LogP contribution in [0.4, 0.5) is 5.95 Å². The molecule has 0 saturated carbocycles. The van der Waals surface area contributed by atoms with Gasteiger partial charge in [-0.2, -0.15) is 0 Å². The Morgan fingerprint density at radius 1 is 0.964 bits per heavy atom. The number of ether oxygens (including phenoxy) is 3. The van der Waals surface area contributed by atoms with Crippen LogP contribution in [0.3, 0.4) is 0 Å². The average Bonchev–Trinajstić information content (AvgIpc) is 3.07. The van der Waals surface area contributed by atoms with Crippen LogP contribution in [0.15, 0.2) is 36.5 Å². The average molecular weight is 422 g/mol.